The molecular formula is C23H17ClF6N2O5. The number of rotatable bonds is 6. The summed E-state index contributed by atoms with van der Waals surface area (Å²) in [5.41, 5.74) is -7.50. The number of carbonyl (C=O) groups is 1. The highest BCUT2D eigenvalue weighted by Gasteiger charge is 2.59. The quantitative estimate of drug-likeness (QED) is 0.393. The number of alkyl halides is 6. The highest BCUT2D eigenvalue weighted by atomic mass is 35.5. The Labute approximate surface area is 209 Å². The van der Waals surface area contributed by atoms with Crippen molar-refractivity contribution >= 4 is 17.6 Å². The van der Waals surface area contributed by atoms with Gasteiger partial charge in [0.2, 0.25) is 11.4 Å². The number of pyridine rings is 2. The third-order valence-electron chi connectivity index (χ3n) is 5.66. The van der Waals surface area contributed by atoms with Crippen LogP contribution in [0.1, 0.15) is 39.9 Å². The monoisotopic (exact) mass is 550 g/mol. The molecule has 14 heteroatoms. The Morgan fingerprint density at radius 1 is 1.11 bits per heavy atom. The molecule has 2 atom stereocenters. The van der Waals surface area contributed by atoms with Gasteiger partial charge in [0.05, 0.1) is 11.1 Å². The average Bonchev–Trinajstić information content (AvgIpc) is 2.78. The average molecular weight is 551 g/mol. The van der Waals surface area contributed by atoms with Crippen molar-refractivity contribution < 1.29 is 46.1 Å². The molecule has 2 N–H and O–H groups in total. The molecule has 0 radical (unpaired) electrons. The molecule has 0 fully saturated rings. The summed E-state index contributed by atoms with van der Waals surface area (Å²) >= 11 is 6.17. The minimum atomic E-state index is -5.20. The lowest BCUT2D eigenvalue weighted by Crippen LogP contribution is -2.47. The lowest BCUT2D eigenvalue weighted by atomic mass is 9.78. The molecule has 3 aromatic rings. The third-order valence-corrected chi connectivity index (χ3v) is 5.99. The SMILES string of the molecule is C[C@H](c1ccc(Oc2cc(C(F)(F)F)c(C(=O)O)cn2)cc1Cl)[C@@](O)(c1ccc(=O)n(C)c1)C(F)(F)F. The van der Waals surface area contributed by atoms with Crippen LogP contribution in [0.5, 0.6) is 11.6 Å². The number of aromatic nitrogens is 2. The Morgan fingerprint density at radius 3 is 2.27 bits per heavy atom. The fraction of sp³-hybridized carbons (Fsp3) is 0.261. The molecular weight excluding hydrogens is 534 g/mol. The Morgan fingerprint density at radius 2 is 1.76 bits per heavy atom. The second kappa shape index (κ2) is 9.71. The van der Waals surface area contributed by atoms with E-state index in [1.54, 1.807) is 0 Å². The predicted octanol–water partition coefficient (Wildman–Crippen LogP) is 5.50. The number of aromatic carboxylic acids is 1. The minimum absolute atomic E-state index is 0.187. The Balaban J connectivity index is 2.00. The number of ether oxygens (including phenoxy) is 1. The maximum atomic E-state index is 14.1. The van der Waals surface area contributed by atoms with Crippen LogP contribution in [0.3, 0.4) is 0 Å². The molecule has 0 bridgehead atoms. The predicted molar refractivity (Wildman–Crippen MR) is 118 cm³/mol. The molecule has 2 heterocycles. The summed E-state index contributed by atoms with van der Waals surface area (Å²) in [6.45, 7) is 1.06. The highest BCUT2D eigenvalue weighted by Crippen LogP contribution is 2.50. The normalized spacial score (nSPS) is 14.6. The van der Waals surface area contributed by atoms with E-state index in [0.29, 0.717) is 12.3 Å². The van der Waals surface area contributed by atoms with E-state index in [1.807, 2.05) is 0 Å². The number of hydrogen-bond donors (Lipinski definition) is 2. The van der Waals surface area contributed by atoms with Crippen molar-refractivity contribution in [1.29, 1.82) is 0 Å². The van der Waals surface area contributed by atoms with E-state index in [-0.39, 0.29) is 16.3 Å². The summed E-state index contributed by atoms with van der Waals surface area (Å²) in [5.74, 6) is -4.44. The van der Waals surface area contributed by atoms with Gasteiger partial charge in [-0.15, -0.1) is 0 Å². The first kappa shape index (κ1) is 28.0. The Bertz CT molecular complexity index is 1410. The Hall–Kier alpha value is -3.58. The van der Waals surface area contributed by atoms with Crippen molar-refractivity contribution in [2.45, 2.75) is 30.8 Å². The van der Waals surface area contributed by atoms with Gasteiger partial charge in [0.15, 0.2) is 5.60 Å². The second-order valence-corrected chi connectivity index (χ2v) is 8.42. The number of halogens is 7. The zero-order valence-electron chi connectivity index (χ0n) is 18.9. The smallest absolute Gasteiger partial charge is 0.422 e. The molecule has 0 unspecified atom stereocenters. The molecule has 0 saturated heterocycles. The number of hydrogen-bond acceptors (Lipinski definition) is 5. The molecule has 0 aliphatic rings. The van der Waals surface area contributed by atoms with Crippen LogP contribution in [0.4, 0.5) is 26.3 Å². The number of nitrogens with zero attached hydrogens (tertiary/aromatic N) is 2. The van der Waals surface area contributed by atoms with E-state index in [0.717, 1.165) is 48.0 Å². The maximum Gasteiger partial charge on any atom is 0.422 e. The molecule has 37 heavy (non-hydrogen) atoms. The molecule has 2 aromatic heterocycles. The van der Waals surface area contributed by atoms with Crippen LogP contribution in [0, 0.1) is 0 Å². The van der Waals surface area contributed by atoms with E-state index < -0.39 is 58.0 Å². The van der Waals surface area contributed by atoms with E-state index in [9.17, 15) is 41.0 Å². The van der Waals surface area contributed by atoms with Crippen molar-refractivity contribution in [2.24, 2.45) is 7.05 Å². The van der Waals surface area contributed by atoms with Gasteiger partial charge < -0.3 is 19.5 Å². The first-order valence-electron chi connectivity index (χ1n) is 10.2. The van der Waals surface area contributed by atoms with Crippen molar-refractivity contribution in [3.8, 4) is 11.6 Å². The third kappa shape index (κ3) is 5.42. The summed E-state index contributed by atoms with van der Waals surface area (Å²) in [7, 11) is 1.22. The minimum Gasteiger partial charge on any atom is -0.478 e. The van der Waals surface area contributed by atoms with Gasteiger partial charge in [0, 0.05) is 48.1 Å². The molecule has 1 aromatic carbocycles. The molecule has 0 aliphatic heterocycles. The lowest BCUT2D eigenvalue weighted by molar-refractivity contribution is -0.274. The van der Waals surface area contributed by atoms with Crippen LogP contribution >= 0.6 is 11.6 Å². The molecule has 0 aliphatic carbocycles. The first-order valence-corrected chi connectivity index (χ1v) is 10.6. The molecule has 3 rings (SSSR count). The van der Waals surface area contributed by atoms with E-state index in [2.05, 4.69) is 4.98 Å². The second-order valence-electron chi connectivity index (χ2n) is 8.01. The summed E-state index contributed by atoms with van der Waals surface area (Å²) in [4.78, 5) is 26.2. The number of aliphatic hydroxyl groups is 1. The molecule has 0 saturated carbocycles. The van der Waals surface area contributed by atoms with Crippen molar-refractivity contribution in [3.63, 3.8) is 0 Å². The molecule has 7 nitrogen and oxygen atoms in total. The van der Waals surface area contributed by atoms with Gasteiger partial charge in [-0.3, -0.25) is 4.79 Å². The summed E-state index contributed by atoms with van der Waals surface area (Å²) in [5, 5.41) is 19.5. The first-order chi connectivity index (χ1) is 17.0. The summed E-state index contributed by atoms with van der Waals surface area (Å²) < 4.78 is 88.2. The van der Waals surface area contributed by atoms with Gasteiger partial charge in [-0.2, -0.15) is 26.3 Å². The largest absolute Gasteiger partial charge is 0.478 e. The number of benzene rings is 1. The van der Waals surface area contributed by atoms with Crippen molar-refractivity contribution in [1.82, 2.24) is 9.55 Å². The summed E-state index contributed by atoms with van der Waals surface area (Å²) in [6, 6.07) is 5.26. The van der Waals surface area contributed by atoms with Crippen LogP contribution in [0.25, 0.3) is 0 Å². The van der Waals surface area contributed by atoms with Gasteiger partial charge in [-0.1, -0.05) is 24.6 Å². The number of carboxylic acid groups (broad SMARTS) is 1. The fourth-order valence-corrected chi connectivity index (χ4v) is 3.98. The van der Waals surface area contributed by atoms with Gasteiger partial charge in [0.25, 0.3) is 0 Å². The van der Waals surface area contributed by atoms with Gasteiger partial charge in [-0.05, 0) is 23.8 Å². The number of carboxylic acids is 1. The van der Waals surface area contributed by atoms with Gasteiger partial charge >= 0.3 is 18.3 Å². The fourth-order valence-electron chi connectivity index (χ4n) is 3.64. The van der Waals surface area contributed by atoms with Crippen LogP contribution in [0.15, 0.2) is 53.6 Å². The lowest BCUT2D eigenvalue weighted by Gasteiger charge is -2.37. The van der Waals surface area contributed by atoms with Crippen LogP contribution in [-0.4, -0.2) is 31.9 Å². The van der Waals surface area contributed by atoms with Gasteiger partial charge in [-0.25, -0.2) is 9.78 Å². The van der Waals surface area contributed by atoms with Crippen LogP contribution < -0.4 is 10.3 Å². The maximum absolute atomic E-state index is 14.1. The molecule has 0 amide bonds. The van der Waals surface area contributed by atoms with Crippen LogP contribution in [0.2, 0.25) is 5.02 Å². The molecule has 198 valence electrons. The van der Waals surface area contributed by atoms with E-state index in [1.165, 1.54) is 7.05 Å². The van der Waals surface area contributed by atoms with Crippen LogP contribution in [-0.2, 0) is 18.8 Å². The molecule has 0 spiro atoms. The topological polar surface area (TPSA) is 102 Å². The van der Waals surface area contributed by atoms with Gasteiger partial charge in [0.1, 0.15) is 5.75 Å². The Kier molecular flexibility index (Phi) is 7.35. The van der Waals surface area contributed by atoms with Crippen molar-refractivity contribution in [3.05, 3.63) is 86.4 Å². The standard InChI is InChI=1S/C23H17ClF6N2O5/c1-11(21(36,23(28,29)30)12-3-6-19(33)32(2)10-12)14-5-4-13(7-17(14)24)37-18-8-16(22(25,26)27)15(9-31-18)20(34)35/h3-11,36H,1-2H3,(H,34,35)/t11-,21-/m1/s1. The highest BCUT2D eigenvalue weighted by molar-refractivity contribution is 6.31. The van der Waals surface area contributed by atoms with E-state index in [4.69, 9.17) is 21.4 Å². The van der Waals surface area contributed by atoms with E-state index >= 15 is 0 Å². The zero-order valence-corrected chi connectivity index (χ0v) is 19.6. The summed E-state index contributed by atoms with van der Waals surface area (Å²) in [6.07, 6.45) is -8.93. The number of aryl methyl sites for hydroxylation is 1. The van der Waals surface area contributed by atoms with Crippen molar-refractivity contribution in [2.75, 3.05) is 0 Å². The zero-order chi connectivity index (χ0) is 27.9.